The summed E-state index contributed by atoms with van der Waals surface area (Å²) in [7, 11) is 5.41. The number of thioether (sulfide) groups is 1. The fourth-order valence-corrected chi connectivity index (χ4v) is 3.82. The summed E-state index contributed by atoms with van der Waals surface area (Å²) in [5.74, 6) is 0.247. The van der Waals surface area contributed by atoms with Crippen LogP contribution >= 0.6 is 24.0 Å². The molecule has 134 valence electrons. The molecule has 0 aliphatic carbocycles. The Bertz CT molecular complexity index is 892. The van der Waals surface area contributed by atoms with E-state index in [1.54, 1.807) is 18.2 Å². The van der Waals surface area contributed by atoms with Crippen LogP contribution in [-0.2, 0) is 4.79 Å². The van der Waals surface area contributed by atoms with Gasteiger partial charge in [0.15, 0.2) is 15.8 Å². The molecule has 1 heterocycles. The molecule has 0 saturated carbocycles. The normalized spacial score (nSPS) is 15.7. The Morgan fingerprint density at radius 2 is 1.88 bits per heavy atom. The standard InChI is InChI=1S/C19H18N2O3S2/c1-20(2)13-5-7-14(8-6-13)21-18(23)17(26-19(21)25)11-12-4-9-15(22)16(10-12)24-3/h4-11,22H,1-3H3. The first kappa shape index (κ1) is 18.3. The second-order valence-corrected chi connectivity index (χ2v) is 7.53. The van der Waals surface area contributed by atoms with Crippen molar-refractivity contribution in [1.82, 2.24) is 0 Å². The van der Waals surface area contributed by atoms with Gasteiger partial charge in [0.05, 0.1) is 17.7 Å². The number of nitrogens with zero attached hydrogens (tertiary/aromatic N) is 2. The van der Waals surface area contributed by atoms with Crippen LogP contribution in [0.15, 0.2) is 47.4 Å². The van der Waals surface area contributed by atoms with Gasteiger partial charge >= 0.3 is 0 Å². The third-order valence-corrected chi connectivity index (χ3v) is 5.22. The minimum Gasteiger partial charge on any atom is -0.504 e. The highest BCUT2D eigenvalue weighted by Gasteiger charge is 2.33. The molecule has 0 atom stereocenters. The van der Waals surface area contributed by atoms with Crippen LogP contribution < -0.4 is 14.5 Å². The van der Waals surface area contributed by atoms with E-state index in [2.05, 4.69) is 0 Å². The van der Waals surface area contributed by atoms with Crippen LogP contribution in [0.1, 0.15) is 5.56 Å². The molecule has 1 N–H and O–H groups in total. The number of carbonyl (C=O) groups is 1. The van der Waals surface area contributed by atoms with Crippen LogP contribution in [0.2, 0.25) is 0 Å². The van der Waals surface area contributed by atoms with Gasteiger partial charge < -0.3 is 14.7 Å². The minimum absolute atomic E-state index is 0.0539. The van der Waals surface area contributed by atoms with Crippen LogP contribution in [0.25, 0.3) is 6.08 Å². The van der Waals surface area contributed by atoms with Crippen molar-refractivity contribution in [3.05, 3.63) is 52.9 Å². The Kier molecular flexibility index (Phi) is 5.20. The Labute approximate surface area is 161 Å². The number of thiocarbonyl (C=S) groups is 1. The number of benzene rings is 2. The van der Waals surface area contributed by atoms with E-state index in [0.717, 1.165) is 16.9 Å². The maximum Gasteiger partial charge on any atom is 0.270 e. The molecule has 1 amide bonds. The highest BCUT2D eigenvalue weighted by atomic mass is 32.2. The lowest BCUT2D eigenvalue weighted by Gasteiger charge is -2.17. The second kappa shape index (κ2) is 7.39. The van der Waals surface area contributed by atoms with Gasteiger partial charge in [-0.15, -0.1) is 0 Å². The number of phenolic OH excluding ortho intramolecular Hbond substituents is 1. The van der Waals surface area contributed by atoms with Crippen LogP contribution in [0.5, 0.6) is 11.5 Å². The number of phenols is 1. The smallest absolute Gasteiger partial charge is 0.270 e. The van der Waals surface area contributed by atoms with Crippen molar-refractivity contribution in [1.29, 1.82) is 0 Å². The van der Waals surface area contributed by atoms with Gasteiger partial charge in [-0.25, -0.2) is 0 Å². The van der Waals surface area contributed by atoms with Crippen LogP contribution in [0.4, 0.5) is 11.4 Å². The highest BCUT2D eigenvalue weighted by molar-refractivity contribution is 8.27. The van der Waals surface area contributed by atoms with Crippen LogP contribution in [-0.4, -0.2) is 36.5 Å². The van der Waals surface area contributed by atoms with Crippen molar-refractivity contribution in [2.75, 3.05) is 31.0 Å². The fourth-order valence-electron chi connectivity index (χ4n) is 2.53. The SMILES string of the molecule is COc1cc(C=C2SC(=S)N(c3ccc(N(C)C)cc3)C2=O)ccc1O. The van der Waals surface area contributed by atoms with E-state index in [1.807, 2.05) is 43.3 Å². The van der Waals surface area contributed by atoms with Crippen LogP contribution in [0.3, 0.4) is 0 Å². The first-order chi connectivity index (χ1) is 12.4. The summed E-state index contributed by atoms with van der Waals surface area (Å²) < 4.78 is 5.60. The lowest BCUT2D eigenvalue weighted by Crippen LogP contribution is -2.27. The summed E-state index contributed by atoms with van der Waals surface area (Å²) in [4.78, 5) is 16.9. The summed E-state index contributed by atoms with van der Waals surface area (Å²) in [6.07, 6.45) is 1.75. The maximum absolute atomic E-state index is 12.8. The molecule has 2 aromatic carbocycles. The van der Waals surface area contributed by atoms with E-state index < -0.39 is 0 Å². The zero-order valence-electron chi connectivity index (χ0n) is 14.6. The monoisotopic (exact) mass is 386 g/mol. The molecule has 3 rings (SSSR count). The summed E-state index contributed by atoms with van der Waals surface area (Å²) in [5.41, 5.74) is 2.54. The molecule has 26 heavy (non-hydrogen) atoms. The predicted octanol–water partition coefficient (Wildman–Crippen LogP) is 3.87. The molecule has 7 heteroatoms. The molecule has 0 aromatic heterocycles. The van der Waals surface area contributed by atoms with E-state index in [-0.39, 0.29) is 11.7 Å². The molecule has 0 bridgehead atoms. The lowest BCUT2D eigenvalue weighted by atomic mass is 10.2. The third-order valence-electron chi connectivity index (χ3n) is 3.92. The molecular weight excluding hydrogens is 368 g/mol. The number of anilines is 2. The van der Waals surface area contributed by atoms with Gasteiger partial charge in [-0.05, 0) is 48.0 Å². The summed E-state index contributed by atoms with van der Waals surface area (Å²) in [6, 6.07) is 12.6. The van der Waals surface area contributed by atoms with Crippen molar-refractivity contribution in [2.45, 2.75) is 0 Å². The molecule has 1 saturated heterocycles. The van der Waals surface area contributed by atoms with E-state index in [4.69, 9.17) is 17.0 Å². The molecule has 1 aliphatic heterocycles. The summed E-state index contributed by atoms with van der Waals surface area (Å²) in [6.45, 7) is 0. The van der Waals surface area contributed by atoms with E-state index >= 15 is 0 Å². The molecule has 0 unspecified atom stereocenters. The first-order valence-corrected chi connectivity index (χ1v) is 9.05. The maximum atomic E-state index is 12.8. The largest absolute Gasteiger partial charge is 0.504 e. The van der Waals surface area contributed by atoms with Gasteiger partial charge in [0.1, 0.15) is 0 Å². The van der Waals surface area contributed by atoms with E-state index in [0.29, 0.717) is 15.0 Å². The predicted molar refractivity (Wildman–Crippen MR) is 111 cm³/mol. The molecular formula is C19H18N2O3S2. The minimum atomic E-state index is -0.162. The first-order valence-electron chi connectivity index (χ1n) is 7.83. The number of amides is 1. The number of ether oxygens (including phenoxy) is 1. The van der Waals surface area contributed by atoms with Crippen molar-refractivity contribution < 1.29 is 14.6 Å². The molecule has 0 spiro atoms. The number of carbonyl (C=O) groups excluding carboxylic acids is 1. The number of hydrogen-bond donors (Lipinski definition) is 1. The van der Waals surface area contributed by atoms with Gasteiger partial charge in [-0.1, -0.05) is 30.0 Å². The van der Waals surface area contributed by atoms with Crippen molar-refractivity contribution in [3.63, 3.8) is 0 Å². The van der Waals surface area contributed by atoms with Crippen molar-refractivity contribution >= 4 is 51.7 Å². The summed E-state index contributed by atoms with van der Waals surface area (Å²) >= 11 is 6.65. The van der Waals surface area contributed by atoms with Gasteiger partial charge in [-0.3, -0.25) is 9.69 Å². The fraction of sp³-hybridized carbons (Fsp3) is 0.158. The quantitative estimate of drug-likeness (QED) is 0.636. The third kappa shape index (κ3) is 3.54. The average molecular weight is 386 g/mol. The van der Waals surface area contributed by atoms with E-state index in [1.165, 1.54) is 29.8 Å². The molecule has 0 radical (unpaired) electrons. The number of methoxy groups -OCH3 is 1. The Morgan fingerprint density at radius 1 is 1.19 bits per heavy atom. The van der Waals surface area contributed by atoms with Crippen molar-refractivity contribution in [2.24, 2.45) is 0 Å². The average Bonchev–Trinajstić information content (AvgIpc) is 2.90. The second-order valence-electron chi connectivity index (χ2n) is 5.86. The van der Waals surface area contributed by atoms with Gasteiger partial charge in [0.2, 0.25) is 0 Å². The summed E-state index contributed by atoms with van der Waals surface area (Å²) in [5, 5.41) is 9.69. The zero-order valence-corrected chi connectivity index (χ0v) is 16.2. The van der Waals surface area contributed by atoms with E-state index in [9.17, 15) is 9.90 Å². The Morgan fingerprint density at radius 3 is 2.50 bits per heavy atom. The van der Waals surface area contributed by atoms with Gasteiger partial charge in [-0.2, -0.15) is 0 Å². The number of hydrogen-bond acceptors (Lipinski definition) is 6. The highest BCUT2D eigenvalue weighted by Crippen LogP contribution is 2.37. The Balaban J connectivity index is 1.89. The number of aromatic hydroxyl groups is 1. The molecule has 5 nitrogen and oxygen atoms in total. The molecule has 1 aliphatic rings. The topological polar surface area (TPSA) is 53.0 Å². The molecule has 2 aromatic rings. The van der Waals surface area contributed by atoms with Crippen LogP contribution in [0, 0.1) is 0 Å². The van der Waals surface area contributed by atoms with Gasteiger partial charge in [0.25, 0.3) is 5.91 Å². The Hall–Kier alpha value is -2.51. The van der Waals surface area contributed by atoms with Gasteiger partial charge in [0, 0.05) is 19.8 Å². The zero-order chi connectivity index (χ0) is 18.8. The molecule has 1 fully saturated rings. The van der Waals surface area contributed by atoms with Crippen molar-refractivity contribution in [3.8, 4) is 11.5 Å². The lowest BCUT2D eigenvalue weighted by molar-refractivity contribution is -0.113. The number of rotatable bonds is 4.